The Bertz CT molecular complexity index is 546. The van der Waals surface area contributed by atoms with Gasteiger partial charge in [0.25, 0.3) is 13.7 Å². The molecule has 3 rings (SSSR count). The van der Waals surface area contributed by atoms with Gasteiger partial charge in [-0.2, -0.15) is 5.10 Å². The highest BCUT2D eigenvalue weighted by atomic mass is 15.3. The highest BCUT2D eigenvalue weighted by Gasteiger charge is 2.40. The summed E-state index contributed by atoms with van der Waals surface area (Å²) < 4.78 is 0. The van der Waals surface area contributed by atoms with Crippen LogP contribution in [0.25, 0.3) is 0 Å². The van der Waals surface area contributed by atoms with Crippen molar-refractivity contribution in [2.24, 2.45) is 0 Å². The van der Waals surface area contributed by atoms with Gasteiger partial charge in [0, 0.05) is 5.69 Å². The van der Waals surface area contributed by atoms with Gasteiger partial charge in [-0.25, -0.2) is 0 Å². The van der Waals surface area contributed by atoms with Crippen molar-refractivity contribution in [3.05, 3.63) is 42.6 Å². The SMILES string of the molecule is CB1C(C)B(C)N(c2ccn[nH]2)CN1c1ccccc1. The first-order valence-electron chi connectivity index (χ1n) is 7.26. The lowest BCUT2D eigenvalue weighted by Gasteiger charge is -2.47. The zero-order valence-corrected chi connectivity index (χ0v) is 12.3. The Morgan fingerprint density at radius 3 is 2.45 bits per heavy atom. The van der Waals surface area contributed by atoms with Crippen LogP contribution >= 0.6 is 0 Å². The lowest BCUT2D eigenvalue weighted by Crippen LogP contribution is -2.61. The highest BCUT2D eigenvalue weighted by Crippen LogP contribution is 2.31. The minimum atomic E-state index is 0.491. The van der Waals surface area contributed by atoms with Crippen LogP contribution in [0.1, 0.15) is 6.92 Å². The van der Waals surface area contributed by atoms with E-state index in [1.807, 2.05) is 12.3 Å². The molecule has 0 saturated carbocycles. The van der Waals surface area contributed by atoms with Crippen molar-refractivity contribution in [1.82, 2.24) is 10.2 Å². The maximum Gasteiger partial charge on any atom is 0.252 e. The maximum atomic E-state index is 4.09. The van der Waals surface area contributed by atoms with E-state index in [4.69, 9.17) is 0 Å². The number of nitrogens with zero attached hydrogens (tertiary/aromatic N) is 3. The van der Waals surface area contributed by atoms with Gasteiger partial charge in [0.05, 0.1) is 12.9 Å². The summed E-state index contributed by atoms with van der Waals surface area (Å²) in [5.74, 6) is 1.09. The third-order valence-electron chi connectivity index (χ3n) is 4.69. The average molecular weight is 266 g/mol. The molecular formula is C14H20B2N4. The molecule has 4 nitrogen and oxygen atoms in total. The predicted molar refractivity (Wildman–Crippen MR) is 87.5 cm³/mol. The van der Waals surface area contributed by atoms with Crippen LogP contribution in [-0.2, 0) is 0 Å². The fourth-order valence-electron chi connectivity index (χ4n) is 3.03. The maximum absolute atomic E-state index is 4.09. The molecule has 1 aliphatic rings. The fraction of sp³-hybridized carbons (Fsp3) is 0.357. The molecule has 1 unspecified atom stereocenters. The molecule has 1 N–H and O–H groups in total. The van der Waals surface area contributed by atoms with Crippen LogP contribution < -0.4 is 9.62 Å². The first kappa shape index (κ1) is 13.2. The molecule has 0 radical (unpaired) electrons. The third kappa shape index (κ3) is 2.19. The first-order valence-corrected chi connectivity index (χ1v) is 7.26. The quantitative estimate of drug-likeness (QED) is 0.849. The van der Waals surface area contributed by atoms with Crippen LogP contribution in [0.3, 0.4) is 0 Å². The molecule has 0 amide bonds. The number of aromatic amines is 1. The van der Waals surface area contributed by atoms with Crippen LogP contribution in [0, 0.1) is 0 Å². The molecule has 102 valence electrons. The van der Waals surface area contributed by atoms with Gasteiger partial charge < -0.3 is 9.62 Å². The molecule has 1 aliphatic heterocycles. The summed E-state index contributed by atoms with van der Waals surface area (Å²) in [5.41, 5.74) is 1.86. The van der Waals surface area contributed by atoms with Crippen molar-refractivity contribution in [3.63, 3.8) is 0 Å². The molecule has 1 saturated heterocycles. The molecule has 0 bridgehead atoms. The van der Waals surface area contributed by atoms with Gasteiger partial charge in [0.2, 0.25) is 0 Å². The summed E-state index contributed by atoms with van der Waals surface area (Å²) in [7, 11) is 0. The molecule has 1 atom stereocenters. The smallest absolute Gasteiger partial charge is 0.252 e. The summed E-state index contributed by atoms with van der Waals surface area (Å²) in [6.07, 6.45) is 1.82. The van der Waals surface area contributed by atoms with E-state index in [0.29, 0.717) is 19.4 Å². The standard InChI is InChI=1S/C14H20B2N4/c1-12-15(2)19(13-7-5-4-6-8-13)11-20(16(12)3)14-9-10-17-18-14/h4-10,12H,11H2,1-3H3,(H,17,18). The van der Waals surface area contributed by atoms with Crippen molar-refractivity contribution in [3.8, 4) is 0 Å². The molecule has 2 aromatic rings. The lowest BCUT2D eigenvalue weighted by atomic mass is 9.30. The van der Waals surface area contributed by atoms with Crippen molar-refractivity contribution in [2.45, 2.75) is 26.3 Å². The van der Waals surface area contributed by atoms with Crippen LogP contribution in [0.4, 0.5) is 11.5 Å². The van der Waals surface area contributed by atoms with E-state index in [1.165, 1.54) is 5.69 Å². The number of aromatic nitrogens is 2. The van der Waals surface area contributed by atoms with Gasteiger partial charge in [-0.3, -0.25) is 5.10 Å². The van der Waals surface area contributed by atoms with E-state index in [2.05, 4.69) is 70.7 Å². The van der Waals surface area contributed by atoms with Crippen molar-refractivity contribution in [2.75, 3.05) is 16.3 Å². The number of anilines is 2. The lowest BCUT2D eigenvalue weighted by molar-refractivity contribution is 0.903. The van der Waals surface area contributed by atoms with Crippen LogP contribution in [0.5, 0.6) is 0 Å². The molecular weight excluding hydrogens is 246 g/mol. The van der Waals surface area contributed by atoms with E-state index in [9.17, 15) is 0 Å². The molecule has 6 heteroatoms. The Morgan fingerprint density at radius 2 is 1.80 bits per heavy atom. The monoisotopic (exact) mass is 266 g/mol. The summed E-state index contributed by atoms with van der Waals surface area (Å²) in [6.45, 7) is 8.84. The van der Waals surface area contributed by atoms with Gasteiger partial charge in [0.15, 0.2) is 0 Å². The van der Waals surface area contributed by atoms with Crippen LogP contribution in [0.15, 0.2) is 42.6 Å². The molecule has 0 aliphatic carbocycles. The minimum Gasteiger partial charge on any atom is -0.400 e. The van der Waals surface area contributed by atoms with E-state index in [-0.39, 0.29) is 0 Å². The van der Waals surface area contributed by atoms with E-state index in [0.717, 1.165) is 12.5 Å². The van der Waals surface area contributed by atoms with E-state index in [1.54, 1.807) is 0 Å². The van der Waals surface area contributed by atoms with E-state index >= 15 is 0 Å². The number of para-hydroxylation sites is 1. The van der Waals surface area contributed by atoms with Gasteiger partial charge in [-0.15, -0.1) is 0 Å². The largest absolute Gasteiger partial charge is 0.400 e. The average Bonchev–Trinajstić information content (AvgIpc) is 3.00. The van der Waals surface area contributed by atoms with Gasteiger partial charge in [-0.1, -0.05) is 38.8 Å². The third-order valence-corrected chi connectivity index (χ3v) is 4.69. The number of hydrogen-bond donors (Lipinski definition) is 1. The summed E-state index contributed by atoms with van der Waals surface area (Å²) in [4.78, 5) is 4.86. The van der Waals surface area contributed by atoms with Gasteiger partial charge in [-0.05, 0) is 23.9 Å². The van der Waals surface area contributed by atoms with E-state index < -0.39 is 0 Å². The minimum absolute atomic E-state index is 0.491. The number of nitrogens with one attached hydrogen (secondary N) is 1. The number of H-pyrrole nitrogens is 1. The van der Waals surface area contributed by atoms with Crippen molar-refractivity contribution >= 4 is 25.2 Å². The summed E-state index contributed by atoms with van der Waals surface area (Å²) >= 11 is 0. The molecule has 1 aromatic heterocycles. The number of rotatable bonds is 2. The number of hydrogen-bond acceptors (Lipinski definition) is 3. The normalized spacial score (nSPS) is 19.6. The van der Waals surface area contributed by atoms with Crippen LogP contribution in [-0.4, -0.2) is 30.6 Å². The Balaban J connectivity index is 1.92. The Morgan fingerprint density at radius 1 is 1.10 bits per heavy atom. The number of benzene rings is 1. The Hall–Kier alpha value is -1.84. The molecule has 2 heterocycles. The first-order chi connectivity index (χ1) is 9.68. The highest BCUT2D eigenvalue weighted by molar-refractivity contribution is 6.83. The zero-order valence-electron chi connectivity index (χ0n) is 12.3. The second kappa shape index (κ2) is 5.27. The van der Waals surface area contributed by atoms with Gasteiger partial charge >= 0.3 is 0 Å². The molecule has 20 heavy (non-hydrogen) atoms. The van der Waals surface area contributed by atoms with Crippen molar-refractivity contribution in [1.29, 1.82) is 0 Å². The molecule has 1 fully saturated rings. The fourth-order valence-corrected chi connectivity index (χ4v) is 3.03. The topological polar surface area (TPSA) is 35.2 Å². The zero-order chi connectivity index (χ0) is 14.1. The molecule has 0 spiro atoms. The Kier molecular flexibility index (Phi) is 3.47. The van der Waals surface area contributed by atoms with Gasteiger partial charge in [0.1, 0.15) is 5.82 Å². The Labute approximate surface area is 121 Å². The van der Waals surface area contributed by atoms with Crippen LogP contribution in [0.2, 0.25) is 19.4 Å². The molecule has 1 aromatic carbocycles. The summed E-state index contributed by atoms with van der Waals surface area (Å²) in [5, 5.41) is 7.18. The second-order valence-electron chi connectivity index (χ2n) is 5.70. The predicted octanol–water partition coefficient (Wildman–Crippen LogP) is 2.87. The summed E-state index contributed by atoms with van der Waals surface area (Å²) in [6, 6.07) is 12.7. The van der Waals surface area contributed by atoms with Crippen molar-refractivity contribution < 1.29 is 0 Å². The second-order valence-corrected chi connectivity index (χ2v) is 5.70.